The molecule has 0 radical (unpaired) electrons. The molecule has 0 aliphatic carbocycles. The molecular formula is C31H51N3O6. The average Bonchev–Trinajstić information content (AvgIpc) is 3.45. The van der Waals surface area contributed by atoms with Crippen LogP contribution in [0.2, 0.25) is 0 Å². The number of aliphatic hydroxyl groups excluding tert-OH is 1. The number of nitrogens with one attached hydrogen (secondary N) is 1. The molecule has 9 heteroatoms. The van der Waals surface area contributed by atoms with Gasteiger partial charge in [0.15, 0.2) is 0 Å². The van der Waals surface area contributed by atoms with E-state index >= 15 is 0 Å². The summed E-state index contributed by atoms with van der Waals surface area (Å²) < 4.78 is 11.7. The number of rotatable bonds is 15. The third-order valence-corrected chi connectivity index (χ3v) is 8.59. The zero-order valence-corrected chi connectivity index (χ0v) is 25.6. The van der Waals surface area contributed by atoms with Gasteiger partial charge in [-0.1, -0.05) is 64.4 Å². The van der Waals surface area contributed by atoms with Crippen molar-refractivity contribution in [3.05, 3.63) is 35.9 Å². The fraction of sp³-hybridized carbons (Fsp3) is 0.710. The normalized spacial score (nSPS) is 20.6. The first-order chi connectivity index (χ1) is 19.0. The lowest BCUT2D eigenvalue weighted by atomic mass is 9.90. The van der Waals surface area contributed by atoms with Crippen LogP contribution in [-0.2, 0) is 23.9 Å². The fourth-order valence-corrected chi connectivity index (χ4v) is 5.95. The van der Waals surface area contributed by atoms with Crippen molar-refractivity contribution >= 4 is 17.7 Å². The molecule has 226 valence electrons. The van der Waals surface area contributed by atoms with Crippen LogP contribution in [0.15, 0.2) is 30.3 Å². The van der Waals surface area contributed by atoms with Crippen LogP contribution in [0.4, 0.5) is 0 Å². The zero-order chi connectivity index (χ0) is 30.0. The Kier molecular flexibility index (Phi) is 13.6. The predicted molar refractivity (Wildman–Crippen MR) is 155 cm³/mol. The van der Waals surface area contributed by atoms with Gasteiger partial charge in [0.25, 0.3) is 0 Å². The Morgan fingerprint density at radius 2 is 1.75 bits per heavy atom. The van der Waals surface area contributed by atoms with Gasteiger partial charge in [-0.2, -0.15) is 0 Å². The van der Waals surface area contributed by atoms with E-state index in [0.717, 1.165) is 24.8 Å². The number of benzene rings is 1. The number of carbonyl (C=O) groups is 3. The Morgan fingerprint density at radius 1 is 1.10 bits per heavy atom. The minimum absolute atomic E-state index is 0.0183. The summed E-state index contributed by atoms with van der Waals surface area (Å²) in [5.74, 6) is -0.684. The molecule has 0 saturated carbocycles. The van der Waals surface area contributed by atoms with E-state index in [-0.39, 0.29) is 42.1 Å². The molecule has 2 rings (SSSR count). The smallest absolute Gasteiger partial charge is 0.225 e. The summed E-state index contributed by atoms with van der Waals surface area (Å²) in [7, 11) is 4.95. The van der Waals surface area contributed by atoms with Crippen LogP contribution in [0.3, 0.4) is 0 Å². The summed E-state index contributed by atoms with van der Waals surface area (Å²) in [4.78, 5) is 43.0. The van der Waals surface area contributed by atoms with Gasteiger partial charge in [-0.25, -0.2) is 0 Å². The second-order valence-electron chi connectivity index (χ2n) is 11.2. The molecule has 1 aromatic rings. The molecule has 3 amide bonds. The highest BCUT2D eigenvalue weighted by Gasteiger charge is 2.42. The maximum Gasteiger partial charge on any atom is 0.225 e. The maximum absolute atomic E-state index is 13.7. The lowest BCUT2D eigenvalue weighted by Gasteiger charge is -2.39. The third-order valence-electron chi connectivity index (χ3n) is 8.59. The van der Waals surface area contributed by atoms with E-state index in [2.05, 4.69) is 19.2 Å². The van der Waals surface area contributed by atoms with Gasteiger partial charge < -0.3 is 29.7 Å². The largest absolute Gasteiger partial charge is 0.386 e. The van der Waals surface area contributed by atoms with Crippen LogP contribution in [0, 0.1) is 11.8 Å². The van der Waals surface area contributed by atoms with Crippen molar-refractivity contribution in [1.29, 1.82) is 0 Å². The fourth-order valence-electron chi connectivity index (χ4n) is 5.95. The number of hydrogen-bond acceptors (Lipinski definition) is 6. The van der Waals surface area contributed by atoms with Crippen LogP contribution in [0.1, 0.15) is 78.4 Å². The molecule has 9 nitrogen and oxygen atoms in total. The van der Waals surface area contributed by atoms with Gasteiger partial charge in [0.05, 0.1) is 48.8 Å². The van der Waals surface area contributed by atoms with Crippen molar-refractivity contribution < 1.29 is 29.0 Å². The molecule has 1 aliphatic heterocycles. The first-order valence-electron chi connectivity index (χ1n) is 14.7. The number of aliphatic hydroxyl groups is 1. The van der Waals surface area contributed by atoms with Crippen molar-refractivity contribution in [3.8, 4) is 0 Å². The van der Waals surface area contributed by atoms with Crippen molar-refractivity contribution in [1.82, 2.24) is 15.1 Å². The molecule has 1 fully saturated rings. The van der Waals surface area contributed by atoms with E-state index in [9.17, 15) is 19.5 Å². The monoisotopic (exact) mass is 561 g/mol. The van der Waals surface area contributed by atoms with Crippen molar-refractivity contribution in [2.75, 3.05) is 27.8 Å². The van der Waals surface area contributed by atoms with E-state index in [0.29, 0.717) is 13.0 Å². The van der Waals surface area contributed by atoms with Crippen molar-refractivity contribution in [3.63, 3.8) is 0 Å². The highest BCUT2D eigenvalue weighted by atomic mass is 16.5. The number of amides is 3. The number of likely N-dealkylation sites (N-methyl/N-ethyl adjacent to an activating group) is 1. The Hall–Kier alpha value is -2.49. The van der Waals surface area contributed by atoms with Crippen LogP contribution >= 0.6 is 0 Å². The molecule has 0 spiro atoms. The van der Waals surface area contributed by atoms with Crippen molar-refractivity contribution in [2.45, 2.75) is 103 Å². The number of carbonyl (C=O) groups excluding carboxylic acids is 3. The van der Waals surface area contributed by atoms with Crippen molar-refractivity contribution in [2.24, 2.45) is 11.8 Å². The molecule has 8 atom stereocenters. The molecule has 40 heavy (non-hydrogen) atoms. The summed E-state index contributed by atoms with van der Waals surface area (Å²) in [6, 6.07) is 8.23. The first-order valence-corrected chi connectivity index (χ1v) is 14.7. The molecule has 1 heterocycles. The molecule has 1 aliphatic rings. The second kappa shape index (κ2) is 16.1. The highest BCUT2D eigenvalue weighted by molar-refractivity contribution is 5.80. The SMILES string of the molecule is CCC(=O)N(C)[C@@H](C(C)CC)[C@@H](CC(=O)N1CCC[C@H]1[C@H](OC)[C@@H](C)C(=O)N[C@H](C)[C@@H](O)c1ccccc1)OC. The lowest BCUT2D eigenvalue weighted by Crippen LogP contribution is -2.53. The topological polar surface area (TPSA) is 108 Å². The predicted octanol–water partition coefficient (Wildman–Crippen LogP) is 3.56. The summed E-state index contributed by atoms with van der Waals surface area (Å²) in [6.07, 6.45) is 1.11. The lowest BCUT2D eigenvalue weighted by molar-refractivity contribution is -0.145. The number of nitrogens with zero attached hydrogens (tertiary/aromatic N) is 2. The summed E-state index contributed by atoms with van der Waals surface area (Å²) >= 11 is 0. The standard InChI is InChI=1S/C31H51N3O6/c1-9-20(3)28(33(6)26(35)10-2)25(39-7)19-27(36)34-18-14-17-24(34)30(40-8)21(4)31(38)32-22(5)29(37)23-15-12-11-13-16-23/h11-13,15-16,20-22,24-25,28-30,37H,9-10,14,17-19H2,1-8H3,(H,32,38)/t20?,21-,22-,24+,25-,28+,29-,30-/m1/s1. The second-order valence-corrected chi connectivity index (χ2v) is 11.2. The van der Waals surface area contributed by atoms with Gasteiger partial charge in [0.1, 0.15) is 0 Å². The number of ether oxygens (including phenoxy) is 2. The van der Waals surface area contributed by atoms with Gasteiger partial charge in [-0.15, -0.1) is 0 Å². The number of hydrogen-bond donors (Lipinski definition) is 2. The maximum atomic E-state index is 13.7. The Morgan fingerprint density at radius 3 is 2.30 bits per heavy atom. The molecule has 2 N–H and O–H groups in total. The van der Waals surface area contributed by atoms with Gasteiger partial charge in [0.2, 0.25) is 17.7 Å². The highest BCUT2D eigenvalue weighted by Crippen LogP contribution is 2.29. The minimum Gasteiger partial charge on any atom is -0.386 e. The Balaban J connectivity index is 2.14. The zero-order valence-electron chi connectivity index (χ0n) is 25.6. The summed E-state index contributed by atoms with van der Waals surface area (Å²) in [5.41, 5.74) is 0.730. The molecule has 0 aromatic heterocycles. The van der Waals surface area contributed by atoms with Crippen LogP contribution in [0.25, 0.3) is 0 Å². The minimum atomic E-state index is -0.843. The molecule has 1 saturated heterocycles. The Bertz CT molecular complexity index is 944. The van der Waals surface area contributed by atoms with Crippen LogP contribution in [-0.4, -0.2) is 90.8 Å². The molecule has 0 bridgehead atoms. The Labute approximate surface area is 240 Å². The number of likely N-dealkylation sites (tertiary alicyclic amines) is 1. The van der Waals surface area contributed by atoms with Crippen LogP contribution in [0.5, 0.6) is 0 Å². The van der Waals surface area contributed by atoms with E-state index in [1.165, 1.54) is 0 Å². The molecular weight excluding hydrogens is 510 g/mol. The van der Waals surface area contributed by atoms with Gasteiger partial charge in [-0.05, 0) is 31.2 Å². The molecule has 1 unspecified atom stereocenters. The van der Waals surface area contributed by atoms with E-state index in [1.54, 1.807) is 40.0 Å². The van der Waals surface area contributed by atoms with E-state index in [4.69, 9.17) is 9.47 Å². The molecule has 1 aromatic carbocycles. The van der Waals surface area contributed by atoms with E-state index in [1.807, 2.05) is 42.2 Å². The number of methoxy groups -OCH3 is 2. The van der Waals surface area contributed by atoms with Gasteiger partial charge in [-0.3, -0.25) is 14.4 Å². The first kappa shape index (κ1) is 33.7. The average molecular weight is 562 g/mol. The van der Waals surface area contributed by atoms with Crippen LogP contribution < -0.4 is 5.32 Å². The summed E-state index contributed by atoms with van der Waals surface area (Å²) in [5, 5.41) is 13.6. The third kappa shape index (κ3) is 8.27. The van der Waals surface area contributed by atoms with E-state index < -0.39 is 30.3 Å². The quantitative estimate of drug-likeness (QED) is 0.339. The van der Waals surface area contributed by atoms with Gasteiger partial charge >= 0.3 is 0 Å². The summed E-state index contributed by atoms with van der Waals surface area (Å²) in [6.45, 7) is 10.1. The van der Waals surface area contributed by atoms with Gasteiger partial charge in [0, 0.05) is 34.2 Å².